The first-order chi connectivity index (χ1) is 13.7. The lowest BCUT2D eigenvalue weighted by Crippen LogP contribution is -2.45. The fraction of sp³-hybridized carbons (Fsp3) is 0.600. The summed E-state index contributed by atoms with van der Waals surface area (Å²) in [5, 5.41) is 2.96. The molecule has 1 aromatic carbocycles. The molecule has 2 amide bonds. The summed E-state index contributed by atoms with van der Waals surface area (Å²) in [4.78, 5) is 28.5. The first kappa shape index (κ1) is 21.4. The van der Waals surface area contributed by atoms with Crippen molar-refractivity contribution >= 4 is 40.4 Å². The van der Waals surface area contributed by atoms with E-state index in [0.717, 1.165) is 48.7 Å². The van der Waals surface area contributed by atoms with Crippen molar-refractivity contribution in [2.24, 2.45) is 5.92 Å². The number of hydrogen-bond acceptors (Lipinski definition) is 7. The normalized spacial score (nSPS) is 17.9. The topological polar surface area (TPSA) is 87.7 Å². The number of hydrogen-bond donors (Lipinski definition) is 1. The number of aromatic nitrogens is 2. The van der Waals surface area contributed by atoms with Crippen LogP contribution >= 0.6 is 11.7 Å². The fourth-order valence-corrected chi connectivity index (χ4v) is 4.10. The minimum atomic E-state index is -0.502. The van der Waals surface area contributed by atoms with Crippen LogP contribution in [0.1, 0.15) is 33.6 Å². The lowest BCUT2D eigenvalue weighted by Gasteiger charge is -2.34. The second kappa shape index (κ2) is 9.04. The Morgan fingerprint density at radius 3 is 2.90 bits per heavy atom. The molecule has 0 saturated carbocycles. The van der Waals surface area contributed by atoms with E-state index in [4.69, 9.17) is 4.74 Å². The van der Waals surface area contributed by atoms with Gasteiger partial charge in [-0.1, -0.05) is 6.07 Å². The van der Waals surface area contributed by atoms with Gasteiger partial charge in [0.05, 0.1) is 24.0 Å². The highest BCUT2D eigenvalue weighted by molar-refractivity contribution is 7.00. The summed E-state index contributed by atoms with van der Waals surface area (Å²) in [5.41, 5.74) is 1.70. The number of carbonyl (C=O) groups is 2. The van der Waals surface area contributed by atoms with Crippen LogP contribution in [0, 0.1) is 5.92 Å². The highest BCUT2D eigenvalue weighted by Crippen LogP contribution is 2.22. The Bertz CT molecular complexity index is 863. The van der Waals surface area contributed by atoms with Crippen LogP contribution in [0.15, 0.2) is 18.2 Å². The number of nitrogens with zero attached hydrogens (tertiary/aromatic N) is 4. The average molecular weight is 420 g/mol. The molecule has 0 bridgehead atoms. The predicted molar refractivity (Wildman–Crippen MR) is 114 cm³/mol. The molecule has 1 saturated heterocycles. The molecule has 8 nitrogen and oxygen atoms in total. The van der Waals surface area contributed by atoms with Gasteiger partial charge < -0.3 is 15.0 Å². The molecule has 9 heteroatoms. The van der Waals surface area contributed by atoms with Crippen molar-refractivity contribution in [1.29, 1.82) is 0 Å². The van der Waals surface area contributed by atoms with Gasteiger partial charge in [0.25, 0.3) is 0 Å². The minimum absolute atomic E-state index is 0.0633. The summed E-state index contributed by atoms with van der Waals surface area (Å²) in [7, 11) is 1.77. The molecular weight excluding hydrogens is 390 g/mol. The Morgan fingerprint density at radius 1 is 1.34 bits per heavy atom. The van der Waals surface area contributed by atoms with Gasteiger partial charge in [-0.25, -0.2) is 4.79 Å². The van der Waals surface area contributed by atoms with Crippen molar-refractivity contribution in [1.82, 2.24) is 18.5 Å². The van der Waals surface area contributed by atoms with E-state index in [-0.39, 0.29) is 12.0 Å². The summed E-state index contributed by atoms with van der Waals surface area (Å²) in [6, 6.07) is 5.59. The molecule has 1 aromatic heterocycles. The largest absolute Gasteiger partial charge is 0.444 e. The monoisotopic (exact) mass is 419 g/mol. The van der Waals surface area contributed by atoms with Crippen molar-refractivity contribution in [3.63, 3.8) is 0 Å². The van der Waals surface area contributed by atoms with E-state index in [9.17, 15) is 9.59 Å². The Labute approximate surface area is 175 Å². The fourth-order valence-electron chi connectivity index (χ4n) is 3.55. The minimum Gasteiger partial charge on any atom is -0.444 e. The van der Waals surface area contributed by atoms with E-state index in [2.05, 4.69) is 19.0 Å². The molecule has 3 rings (SSSR count). The summed E-state index contributed by atoms with van der Waals surface area (Å²) in [5.74, 6) is 0.256. The number of ether oxygens (including phenoxy) is 1. The van der Waals surface area contributed by atoms with Crippen LogP contribution in [-0.4, -0.2) is 69.4 Å². The Kier molecular flexibility index (Phi) is 6.69. The van der Waals surface area contributed by atoms with Crippen LogP contribution in [0.4, 0.5) is 10.5 Å². The molecule has 0 radical (unpaired) electrons. The van der Waals surface area contributed by atoms with Crippen LogP contribution in [0.3, 0.4) is 0 Å². The lowest BCUT2D eigenvalue weighted by atomic mass is 9.97. The van der Waals surface area contributed by atoms with Crippen LogP contribution in [0.2, 0.25) is 0 Å². The predicted octanol–water partition coefficient (Wildman–Crippen LogP) is 3.21. The first-order valence-corrected chi connectivity index (χ1v) is 10.6. The molecule has 1 N–H and O–H groups in total. The number of benzene rings is 1. The maximum absolute atomic E-state index is 12.6. The van der Waals surface area contributed by atoms with Gasteiger partial charge in [0.1, 0.15) is 16.6 Å². The van der Waals surface area contributed by atoms with Crippen LogP contribution in [-0.2, 0) is 9.53 Å². The van der Waals surface area contributed by atoms with E-state index >= 15 is 0 Å². The SMILES string of the molecule is CN(CC1CCCN(CC(=O)Nc2cccc3nsnc23)C1)C(=O)OC(C)(C)C. The number of amides is 2. The van der Waals surface area contributed by atoms with Crippen LogP contribution < -0.4 is 5.32 Å². The summed E-state index contributed by atoms with van der Waals surface area (Å²) in [6.45, 7) is 8.19. The van der Waals surface area contributed by atoms with Crippen LogP contribution in [0.5, 0.6) is 0 Å². The molecule has 1 atom stereocenters. The van der Waals surface area contributed by atoms with E-state index < -0.39 is 5.60 Å². The lowest BCUT2D eigenvalue weighted by molar-refractivity contribution is -0.117. The number of anilines is 1. The van der Waals surface area contributed by atoms with E-state index in [1.54, 1.807) is 11.9 Å². The van der Waals surface area contributed by atoms with Gasteiger partial charge in [0.2, 0.25) is 5.91 Å². The van der Waals surface area contributed by atoms with Gasteiger partial charge in [-0.05, 0) is 58.2 Å². The molecule has 2 aromatic rings. The van der Waals surface area contributed by atoms with Gasteiger partial charge in [0, 0.05) is 20.1 Å². The third-order valence-corrected chi connectivity index (χ3v) is 5.31. The van der Waals surface area contributed by atoms with Crippen molar-refractivity contribution in [2.45, 2.75) is 39.2 Å². The molecule has 0 spiro atoms. The Morgan fingerprint density at radius 2 is 2.14 bits per heavy atom. The molecule has 1 unspecified atom stereocenters. The zero-order valence-electron chi connectivity index (χ0n) is 17.5. The van der Waals surface area contributed by atoms with Crippen molar-refractivity contribution in [2.75, 3.05) is 38.5 Å². The smallest absolute Gasteiger partial charge is 0.410 e. The summed E-state index contributed by atoms with van der Waals surface area (Å²) in [6.07, 6.45) is 1.73. The second-order valence-electron chi connectivity index (χ2n) is 8.59. The number of piperidine rings is 1. The Balaban J connectivity index is 1.51. The maximum atomic E-state index is 12.6. The van der Waals surface area contributed by atoms with Gasteiger partial charge >= 0.3 is 6.09 Å². The molecule has 1 aliphatic rings. The molecule has 158 valence electrons. The van der Waals surface area contributed by atoms with Gasteiger partial charge in [-0.3, -0.25) is 9.69 Å². The molecule has 29 heavy (non-hydrogen) atoms. The third-order valence-electron chi connectivity index (χ3n) is 4.77. The van der Waals surface area contributed by atoms with Gasteiger partial charge in [-0.15, -0.1) is 0 Å². The van der Waals surface area contributed by atoms with Crippen LogP contribution in [0.25, 0.3) is 11.0 Å². The molecule has 1 aliphatic heterocycles. The van der Waals surface area contributed by atoms with Gasteiger partial charge in [0.15, 0.2) is 0 Å². The van der Waals surface area contributed by atoms with Gasteiger partial charge in [-0.2, -0.15) is 8.75 Å². The first-order valence-electron chi connectivity index (χ1n) is 9.89. The molecule has 2 heterocycles. The summed E-state index contributed by atoms with van der Waals surface area (Å²) >= 11 is 1.14. The Hall–Kier alpha value is -2.26. The third kappa shape index (κ3) is 6.11. The standard InChI is InChI=1S/C20H29N5O3S/c1-20(2,3)28-19(27)24(4)11-14-7-6-10-25(12-14)13-17(26)21-15-8-5-9-16-18(15)23-29-22-16/h5,8-9,14H,6-7,10-13H2,1-4H3,(H,21,26). The highest BCUT2D eigenvalue weighted by Gasteiger charge is 2.26. The molecular formula is C20H29N5O3S. The molecule has 0 aliphatic carbocycles. The molecule has 1 fully saturated rings. The highest BCUT2D eigenvalue weighted by atomic mass is 32.1. The zero-order valence-corrected chi connectivity index (χ0v) is 18.3. The average Bonchev–Trinajstić information content (AvgIpc) is 3.10. The second-order valence-corrected chi connectivity index (χ2v) is 9.12. The van der Waals surface area contributed by atoms with E-state index in [1.807, 2.05) is 39.0 Å². The van der Waals surface area contributed by atoms with Crippen molar-refractivity contribution < 1.29 is 14.3 Å². The zero-order chi connectivity index (χ0) is 21.0. The maximum Gasteiger partial charge on any atom is 0.410 e. The summed E-state index contributed by atoms with van der Waals surface area (Å²) < 4.78 is 13.9. The van der Waals surface area contributed by atoms with Crippen molar-refractivity contribution in [3.8, 4) is 0 Å². The van der Waals surface area contributed by atoms with E-state index in [0.29, 0.717) is 24.7 Å². The number of fused-ring (bicyclic) bond motifs is 1. The number of likely N-dealkylation sites (tertiary alicyclic amines) is 1. The van der Waals surface area contributed by atoms with Crippen molar-refractivity contribution in [3.05, 3.63) is 18.2 Å². The quantitative estimate of drug-likeness (QED) is 0.801. The number of nitrogens with one attached hydrogen (secondary N) is 1. The number of rotatable bonds is 5. The van der Waals surface area contributed by atoms with E-state index in [1.165, 1.54) is 0 Å². The number of carbonyl (C=O) groups excluding carboxylic acids is 2.